The maximum Gasteiger partial charge on any atom is 0.329 e. The summed E-state index contributed by atoms with van der Waals surface area (Å²) in [7, 11) is 4.56. The van der Waals surface area contributed by atoms with Gasteiger partial charge in [-0.15, -0.1) is 0 Å². The van der Waals surface area contributed by atoms with Gasteiger partial charge < -0.3 is 50.4 Å². The molecule has 0 aliphatic carbocycles. The van der Waals surface area contributed by atoms with Crippen LogP contribution in [-0.4, -0.2) is 144 Å². The Labute approximate surface area is 396 Å². The number of methoxy groups -OCH3 is 1. The minimum Gasteiger partial charge on any atom is -0.497 e. The Morgan fingerprint density at radius 1 is 0.910 bits per heavy atom. The van der Waals surface area contributed by atoms with Crippen molar-refractivity contribution in [3.8, 4) is 5.75 Å². The Hall–Kier alpha value is -5.10. The summed E-state index contributed by atoms with van der Waals surface area (Å²) >= 11 is 0. The van der Waals surface area contributed by atoms with Crippen LogP contribution in [0.1, 0.15) is 113 Å². The molecule has 0 aromatic heterocycles. The molecule has 11 atom stereocenters. The summed E-state index contributed by atoms with van der Waals surface area (Å²) in [5.74, 6) is -7.71. The van der Waals surface area contributed by atoms with Crippen LogP contribution in [0.5, 0.6) is 5.75 Å². The first-order valence-electron chi connectivity index (χ1n) is 23.9. The normalized spacial score (nSPS) is 27.8. The first-order valence-corrected chi connectivity index (χ1v) is 23.9. The average molecular weight is 943 g/mol. The number of nitrogens with zero attached hydrogens (tertiary/aromatic N) is 2. The van der Waals surface area contributed by atoms with Crippen LogP contribution in [0, 0.1) is 29.6 Å². The fourth-order valence-electron chi connectivity index (χ4n) is 8.55. The number of ether oxygens (including phenoxy) is 3. The van der Waals surface area contributed by atoms with E-state index in [0.717, 1.165) is 0 Å². The van der Waals surface area contributed by atoms with Crippen LogP contribution in [-0.2, 0) is 54.3 Å². The van der Waals surface area contributed by atoms with E-state index in [-0.39, 0.29) is 37.6 Å². The summed E-state index contributed by atoms with van der Waals surface area (Å²) < 4.78 is 17.1. The number of carbonyl (C=O) groups is 8. The Kier molecular flexibility index (Phi) is 21.7. The monoisotopic (exact) mass is 943 g/mol. The van der Waals surface area contributed by atoms with Crippen molar-refractivity contribution >= 4 is 47.3 Å². The third-order valence-electron chi connectivity index (χ3n) is 12.9. The Morgan fingerprint density at radius 2 is 1.55 bits per heavy atom. The van der Waals surface area contributed by atoms with Gasteiger partial charge in [0.15, 0.2) is 11.9 Å². The number of aliphatic hydroxyl groups excluding tert-OH is 1. The average Bonchev–Trinajstić information content (AvgIpc) is 3.77. The minimum atomic E-state index is -1.55. The van der Waals surface area contributed by atoms with Crippen molar-refractivity contribution in [2.45, 2.75) is 169 Å². The number of benzene rings is 1. The second-order valence-electron chi connectivity index (χ2n) is 19.5. The minimum absolute atomic E-state index is 0.0500. The Balaban J connectivity index is 2.23. The van der Waals surface area contributed by atoms with Crippen molar-refractivity contribution in [2.75, 3.05) is 27.7 Å². The molecule has 3 rings (SSSR count). The summed E-state index contributed by atoms with van der Waals surface area (Å²) in [5.41, 5.74) is 0.631. The lowest BCUT2D eigenvalue weighted by atomic mass is 9.91. The van der Waals surface area contributed by atoms with Gasteiger partial charge in [0.05, 0.1) is 37.6 Å². The molecule has 2 fully saturated rings. The molecule has 2 aliphatic heterocycles. The number of aliphatic hydroxyl groups is 1. The molecule has 5 N–H and O–H groups in total. The van der Waals surface area contributed by atoms with E-state index >= 15 is 0 Å². The molecule has 0 saturated carbocycles. The predicted molar refractivity (Wildman–Crippen MR) is 250 cm³/mol. The van der Waals surface area contributed by atoms with Gasteiger partial charge in [-0.05, 0) is 87.9 Å². The summed E-state index contributed by atoms with van der Waals surface area (Å²) in [6, 6.07) is 0.0322. The molecule has 0 radical (unpaired) electrons. The van der Waals surface area contributed by atoms with Gasteiger partial charge in [0, 0.05) is 20.0 Å². The number of hydrogen-bond acceptors (Lipinski definition) is 13. The molecule has 0 spiro atoms. The second-order valence-corrected chi connectivity index (χ2v) is 19.5. The number of esters is 2. The van der Waals surface area contributed by atoms with Crippen molar-refractivity contribution < 1.29 is 57.7 Å². The number of carbonyl (C=O) groups excluding carboxylic acids is 8. The summed E-state index contributed by atoms with van der Waals surface area (Å²) in [6.07, 6.45) is -3.30. The van der Waals surface area contributed by atoms with Crippen LogP contribution < -0.4 is 26.0 Å². The van der Waals surface area contributed by atoms with Crippen LogP contribution in [0.4, 0.5) is 0 Å². The number of Topliss-reactive ketones (excluding diaryl/α,β-unsaturated/α-hetero) is 1. The van der Waals surface area contributed by atoms with Gasteiger partial charge in [-0.2, -0.15) is 0 Å². The number of likely N-dealkylation sites (N-methyl/N-ethyl adjacent to an activating group) is 2. The van der Waals surface area contributed by atoms with Crippen LogP contribution >= 0.6 is 0 Å². The highest BCUT2D eigenvalue weighted by Gasteiger charge is 2.44. The lowest BCUT2D eigenvalue weighted by Crippen LogP contribution is -2.61. The summed E-state index contributed by atoms with van der Waals surface area (Å²) in [5, 5.41) is 22.9. The third kappa shape index (κ3) is 15.5. The number of nitrogens with one attached hydrogen (secondary N) is 4. The standard InChI is InChI=1S/C49H78N6O12/c1-14-29(8)40-38(56)25-39(57)67-43(28(6)7)42(58)30(9)44(59)51-35(23-27(4)5)47(62)55-21-15-16-36(55)48(63)54(12)37(24-32-17-19-33(65-13)20-18-32)49(64)66-31(10)41(46(61)52-40)53-45(60)34(50-11)22-26(2)3/h17-20,26-31,34-38,40-41,43,50,56H,14-16,21-25H2,1-13H3,(H,51,59)(H,52,61)(H,53,60)/t29-,30-,31+,34+,35-,36?,37-,38?,40+,41?,43-/m0/s1. The Bertz CT molecular complexity index is 1870. The number of cyclic esters (lactones) is 2. The molecule has 1 aromatic carbocycles. The molecule has 0 bridgehead atoms. The molecule has 2 saturated heterocycles. The van der Waals surface area contributed by atoms with Gasteiger partial charge in [0.25, 0.3) is 0 Å². The lowest BCUT2D eigenvalue weighted by Gasteiger charge is -2.35. The van der Waals surface area contributed by atoms with Gasteiger partial charge in [-0.25, -0.2) is 4.79 Å². The number of amides is 5. The maximum absolute atomic E-state index is 14.7. The smallest absolute Gasteiger partial charge is 0.329 e. The molecule has 3 unspecified atom stereocenters. The van der Waals surface area contributed by atoms with Crippen molar-refractivity contribution in [1.29, 1.82) is 0 Å². The quantitative estimate of drug-likeness (QED) is 0.142. The van der Waals surface area contributed by atoms with Crippen molar-refractivity contribution in [2.24, 2.45) is 29.6 Å². The molecule has 18 nitrogen and oxygen atoms in total. The van der Waals surface area contributed by atoms with Gasteiger partial charge in [0.2, 0.25) is 29.5 Å². The van der Waals surface area contributed by atoms with E-state index in [0.29, 0.717) is 30.6 Å². The van der Waals surface area contributed by atoms with E-state index in [9.17, 15) is 43.5 Å². The van der Waals surface area contributed by atoms with E-state index in [1.54, 1.807) is 52.1 Å². The molecule has 5 amide bonds. The number of rotatable bonds is 13. The molecule has 2 heterocycles. The van der Waals surface area contributed by atoms with Gasteiger partial charge >= 0.3 is 11.9 Å². The maximum atomic E-state index is 14.7. The van der Waals surface area contributed by atoms with E-state index < -0.39 is 126 Å². The van der Waals surface area contributed by atoms with Gasteiger partial charge in [-0.1, -0.05) is 73.9 Å². The molecule has 376 valence electrons. The third-order valence-corrected chi connectivity index (χ3v) is 12.9. The topological polar surface area (TPSA) is 239 Å². The van der Waals surface area contributed by atoms with Crippen LogP contribution in [0.2, 0.25) is 0 Å². The molecular weight excluding hydrogens is 865 g/mol. The first-order chi connectivity index (χ1) is 31.4. The van der Waals surface area contributed by atoms with Crippen molar-refractivity contribution in [3.05, 3.63) is 29.8 Å². The van der Waals surface area contributed by atoms with E-state index in [4.69, 9.17) is 14.2 Å². The van der Waals surface area contributed by atoms with Crippen molar-refractivity contribution in [1.82, 2.24) is 31.1 Å². The zero-order valence-electron chi connectivity index (χ0n) is 41.9. The van der Waals surface area contributed by atoms with E-state index in [1.807, 2.05) is 34.6 Å². The lowest BCUT2D eigenvalue weighted by molar-refractivity contribution is -0.163. The number of fused-ring (bicyclic) bond motifs is 1. The van der Waals surface area contributed by atoms with Gasteiger partial charge in [-0.3, -0.25) is 33.6 Å². The molecular formula is C49H78N6O12. The largest absolute Gasteiger partial charge is 0.497 e. The molecule has 1 aromatic rings. The fraction of sp³-hybridized carbons (Fsp3) is 0.714. The second kappa shape index (κ2) is 25.9. The number of ketones is 1. The van der Waals surface area contributed by atoms with Gasteiger partial charge in [0.1, 0.15) is 36.0 Å². The first kappa shape index (κ1) is 56.2. The van der Waals surface area contributed by atoms with Crippen LogP contribution in [0.25, 0.3) is 0 Å². The zero-order valence-corrected chi connectivity index (χ0v) is 41.9. The predicted octanol–water partition coefficient (Wildman–Crippen LogP) is 2.71. The Morgan fingerprint density at radius 3 is 2.10 bits per heavy atom. The summed E-state index contributed by atoms with van der Waals surface area (Å²) in [6.45, 7) is 17.4. The SMILES string of the molecule is CC[C@H](C)[C@H]1NC(=O)C(NC(=O)[C@@H](CC(C)C)NC)[C@@H](C)OC(=O)[C@H](Cc2ccc(OC)cc2)N(C)C(=O)C2CCCN2C(=O)[C@H](CC(C)C)NC(=O)[C@@H](C)C(=O)[C@H](C(C)C)OC(=O)CC1O. The van der Waals surface area contributed by atoms with Crippen molar-refractivity contribution in [3.63, 3.8) is 0 Å². The van der Waals surface area contributed by atoms with E-state index in [2.05, 4.69) is 21.3 Å². The zero-order chi connectivity index (χ0) is 50.4. The highest BCUT2D eigenvalue weighted by Crippen LogP contribution is 2.26. The molecule has 67 heavy (non-hydrogen) atoms. The molecule has 2 aliphatic rings. The highest BCUT2D eigenvalue weighted by atomic mass is 16.6. The van der Waals surface area contributed by atoms with E-state index in [1.165, 1.54) is 37.8 Å². The fourth-order valence-corrected chi connectivity index (χ4v) is 8.55. The van der Waals surface area contributed by atoms with Crippen LogP contribution in [0.3, 0.4) is 0 Å². The number of hydrogen-bond donors (Lipinski definition) is 5. The van der Waals surface area contributed by atoms with Crippen LogP contribution in [0.15, 0.2) is 24.3 Å². The molecule has 18 heteroatoms. The highest BCUT2D eigenvalue weighted by molar-refractivity contribution is 6.05. The summed E-state index contributed by atoms with van der Waals surface area (Å²) in [4.78, 5) is 116.